The number of amides is 1. The first-order chi connectivity index (χ1) is 15.8. The summed E-state index contributed by atoms with van der Waals surface area (Å²) < 4.78 is 37.0. The number of nitrogens with zero attached hydrogens (tertiary/aromatic N) is 2. The average molecular weight is 468 g/mol. The molecule has 8 nitrogen and oxygen atoms in total. The maximum Gasteiger partial charge on any atom is 0.276 e. The summed E-state index contributed by atoms with van der Waals surface area (Å²) >= 11 is 0. The number of benzene rings is 2. The first-order valence-electron chi connectivity index (χ1n) is 10.9. The van der Waals surface area contributed by atoms with Gasteiger partial charge in [-0.1, -0.05) is 12.1 Å². The number of fused-ring (bicyclic) bond motifs is 1. The molecule has 1 amide bonds. The Morgan fingerprint density at radius 1 is 1.03 bits per heavy atom. The number of sulfone groups is 1. The third-order valence-corrected chi connectivity index (χ3v) is 7.88. The van der Waals surface area contributed by atoms with Crippen molar-refractivity contribution in [2.75, 3.05) is 30.0 Å². The third kappa shape index (κ3) is 4.32. The Morgan fingerprint density at radius 2 is 1.82 bits per heavy atom. The second kappa shape index (κ2) is 8.22. The molecule has 0 aliphatic carbocycles. The van der Waals surface area contributed by atoms with Crippen LogP contribution in [0.25, 0.3) is 11.3 Å². The standard InChI is InChI=1S/C24H25N3O5S/c1-15-3-4-17(11-16(15)2)21-13-20(26-27(21)19-7-10-33(29,30)14-19)24(28)25-18-5-6-22-23(12-18)32-9-8-31-22/h3-6,11-13,19H,7-10,14H2,1-2H3,(H,25,28)/t19-/m1/s1. The summed E-state index contributed by atoms with van der Waals surface area (Å²) in [4.78, 5) is 13.1. The van der Waals surface area contributed by atoms with Crippen molar-refractivity contribution in [2.24, 2.45) is 0 Å². The molecule has 1 atom stereocenters. The lowest BCUT2D eigenvalue weighted by molar-refractivity contribution is 0.102. The second-order valence-corrected chi connectivity index (χ2v) is 10.8. The van der Waals surface area contributed by atoms with Crippen LogP contribution >= 0.6 is 0 Å². The maximum absolute atomic E-state index is 13.1. The van der Waals surface area contributed by atoms with Crippen molar-refractivity contribution in [3.8, 4) is 22.8 Å². The summed E-state index contributed by atoms with van der Waals surface area (Å²) in [6.45, 7) is 5.01. The highest BCUT2D eigenvalue weighted by Gasteiger charge is 2.32. The molecule has 0 saturated carbocycles. The molecule has 3 aromatic rings. The molecule has 1 aromatic heterocycles. The highest BCUT2D eigenvalue weighted by Crippen LogP contribution is 2.34. The minimum absolute atomic E-state index is 0.0236. The van der Waals surface area contributed by atoms with E-state index >= 15 is 0 Å². The number of nitrogens with one attached hydrogen (secondary N) is 1. The normalized spacial score (nSPS) is 18.8. The first-order valence-corrected chi connectivity index (χ1v) is 12.7. The largest absolute Gasteiger partial charge is 0.486 e. The van der Waals surface area contributed by atoms with Gasteiger partial charge < -0.3 is 14.8 Å². The van der Waals surface area contributed by atoms with Gasteiger partial charge in [0.25, 0.3) is 5.91 Å². The van der Waals surface area contributed by atoms with E-state index in [0.29, 0.717) is 36.8 Å². The molecule has 172 valence electrons. The predicted octanol–water partition coefficient (Wildman–Crippen LogP) is 3.55. The van der Waals surface area contributed by atoms with Crippen LogP contribution in [0.4, 0.5) is 5.69 Å². The van der Waals surface area contributed by atoms with Gasteiger partial charge in [-0.05, 0) is 55.7 Å². The summed E-state index contributed by atoms with van der Waals surface area (Å²) in [7, 11) is -3.11. The fraction of sp³-hybridized carbons (Fsp3) is 0.333. The summed E-state index contributed by atoms with van der Waals surface area (Å²) in [6.07, 6.45) is 0.477. The molecule has 0 spiro atoms. The van der Waals surface area contributed by atoms with E-state index in [-0.39, 0.29) is 29.1 Å². The molecule has 1 N–H and O–H groups in total. The monoisotopic (exact) mass is 467 g/mol. The summed E-state index contributed by atoms with van der Waals surface area (Å²) in [5.74, 6) is 0.995. The van der Waals surface area contributed by atoms with E-state index in [1.54, 1.807) is 28.9 Å². The van der Waals surface area contributed by atoms with Crippen molar-refractivity contribution in [1.29, 1.82) is 0 Å². The molecule has 2 aliphatic rings. The predicted molar refractivity (Wildman–Crippen MR) is 125 cm³/mol. The van der Waals surface area contributed by atoms with E-state index in [0.717, 1.165) is 22.4 Å². The second-order valence-electron chi connectivity index (χ2n) is 8.53. The van der Waals surface area contributed by atoms with E-state index in [9.17, 15) is 13.2 Å². The lowest BCUT2D eigenvalue weighted by atomic mass is 10.0. The molecule has 0 unspecified atom stereocenters. The van der Waals surface area contributed by atoms with Crippen LogP contribution in [0, 0.1) is 13.8 Å². The van der Waals surface area contributed by atoms with Gasteiger partial charge in [-0.3, -0.25) is 9.48 Å². The SMILES string of the molecule is Cc1ccc(-c2cc(C(=O)Nc3ccc4c(c3)OCCO4)nn2[C@@H]2CCS(=O)(=O)C2)cc1C. The van der Waals surface area contributed by atoms with E-state index in [4.69, 9.17) is 9.47 Å². The number of hydrogen-bond acceptors (Lipinski definition) is 6. The van der Waals surface area contributed by atoms with Gasteiger partial charge in [-0.25, -0.2) is 8.42 Å². The Morgan fingerprint density at radius 3 is 2.55 bits per heavy atom. The summed E-state index contributed by atoms with van der Waals surface area (Å²) in [6, 6.07) is 12.7. The van der Waals surface area contributed by atoms with Gasteiger partial charge >= 0.3 is 0 Å². The number of aromatic nitrogens is 2. The minimum atomic E-state index is -3.11. The van der Waals surface area contributed by atoms with Crippen molar-refractivity contribution in [3.05, 3.63) is 59.3 Å². The zero-order valence-corrected chi connectivity index (χ0v) is 19.3. The molecule has 9 heteroatoms. The third-order valence-electron chi connectivity index (χ3n) is 6.13. The highest BCUT2D eigenvalue weighted by atomic mass is 32.2. The Bertz CT molecular complexity index is 1350. The number of ether oxygens (including phenoxy) is 2. The van der Waals surface area contributed by atoms with E-state index < -0.39 is 9.84 Å². The maximum atomic E-state index is 13.1. The molecule has 2 aliphatic heterocycles. The van der Waals surface area contributed by atoms with Crippen LogP contribution in [0.2, 0.25) is 0 Å². The Labute approximate surface area is 192 Å². The van der Waals surface area contributed by atoms with Crippen LogP contribution in [0.3, 0.4) is 0 Å². The molecule has 0 radical (unpaired) electrons. The lowest BCUT2D eigenvalue weighted by Crippen LogP contribution is -2.17. The highest BCUT2D eigenvalue weighted by molar-refractivity contribution is 7.91. The van der Waals surface area contributed by atoms with E-state index in [1.807, 2.05) is 32.0 Å². The van der Waals surface area contributed by atoms with Gasteiger partial charge in [0.2, 0.25) is 0 Å². The van der Waals surface area contributed by atoms with E-state index in [2.05, 4.69) is 10.4 Å². The zero-order chi connectivity index (χ0) is 23.2. The summed E-state index contributed by atoms with van der Waals surface area (Å²) in [5, 5.41) is 7.41. The van der Waals surface area contributed by atoms with Crippen LogP contribution in [-0.2, 0) is 9.84 Å². The average Bonchev–Trinajstić information content (AvgIpc) is 3.39. The number of anilines is 1. The van der Waals surface area contributed by atoms with Gasteiger partial charge in [0.05, 0.1) is 23.2 Å². The number of aryl methyl sites for hydroxylation is 2. The van der Waals surface area contributed by atoms with Gasteiger partial charge in [0, 0.05) is 17.3 Å². The molecule has 1 fully saturated rings. The van der Waals surface area contributed by atoms with Crippen LogP contribution in [0.1, 0.15) is 34.1 Å². The Kier molecular flexibility index (Phi) is 5.36. The number of carbonyl (C=O) groups is 1. The van der Waals surface area contributed by atoms with Crippen molar-refractivity contribution < 1.29 is 22.7 Å². The van der Waals surface area contributed by atoms with Crippen molar-refractivity contribution in [1.82, 2.24) is 9.78 Å². The first kappa shape index (κ1) is 21.5. The van der Waals surface area contributed by atoms with Crippen molar-refractivity contribution in [3.63, 3.8) is 0 Å². The molecule has 5 rings (SSSR count). The molecular formula is C24H25N3O5S. The quantitative estimate of drug-likeness (QED) is 0.630. The summed E-state index contributed by atoms with van der Waals surface area (Å²) in [5.41, 5.74) is 4.68. The smallest absolute Gasteiger partial charge is 0.276 e. The van der Waals surface area contributed by atoms with Crippen LogP contribution in [0.15, 0.2) is 42.5 Å². The van der Waals surface area contributed by atoms with Crippen molar-refractivity contribution >= 4 is 21.4 Å². The minimum Gasteiger partial charge on any atom is -0.486 e. The number of rotatable bonds is 4. The van der Waals surface area contributed by atoms with Crippen LogP contribution in [0.5, 0.6) is 11.5 Å². The lowest BCUT2D eigenvalue weighted by Gasteiger charge is -2.18. The number of carbonyl (C=O) groups excluding carboxylic acids is 1. The number of hydrogen-bond donors (Lipinski definition) is 1. The van der Waals surface area contributed by atoms with Crippen molar-refractivity contribution in [2.45, 2.75) is 26.3 Å². The van der Waals surface area contributed by atoms with Crippen LogP contribution < -0.4 is 14.8 Å². The molecule has 0 bridgehead atoms. The molecule has 2 aromatic carbocycles. The van der Waals surface area contributed by atoms with Gasteiger partial charge in [-0.15, -0.1) is 0 Å². The molecular weight excluding hydrogens is 442 g/mol. The topological polar surface area (TPSA) is 99.5 Å². The molecule has 1 saturated heterocycles. The van der Waals surface area contributed by atoms with E-state index in [1.165, 1.54) is 0 Å². The van der Waals surface area contributed by atoms with Crippen LogP contribution in [-0.4, -0.2) is 48.8 Å². The molecule has 3 heterocycles. The van der Waals surface area contributed by atoms with Gasteiger partial charge in [-0.2, -0.15) is 5.10 Å². The Balaban J connectivity index is 1.48. The fourth-order valence-corrected chi connectivity index (χ4v) is 5.88. The molecule has 33 heavy (non-hydrogen) atoms. The fourth-order valence-electron chi connectivity index (χ4n) is 4.18. The Hall–Kier alpha value is -3.33. The van der Waals surface area contributed by atoms with Gasteiger partial charge in [0.15, 0.2) is 27.0 Å². The zero-order valence-electron chi connectivity index (χ0n) is 18.5. The van der Waals surface area contributed by atoms with Gasteiger partial charge in [0.1, 0.15) is 13.2 Å².